The summed E-state index contributed by atoms with van der Waals surface area (Å²) in [6.45, 7) is 2.05. The number of carbonyl (C=O) groups is 2. The third-order valence-corrected chi connectivity index (χ3v) is 5.48. The fraction of sp³-hybridized carbons (Fsp3) is 0.476. The number of hydrogen-bond acceptors (Lipinski definition) is 5. The van der Waals surface area contributed by atoms with Gasteiger partial charge in [-0.2, -0.15) is 0 Å². The molecular formula is C21H26N2O4. The molecule has 0 unspecified atom stereocenters. The first-order chi connectivity index (χ1) is 13.1. The minimum atomic E-state index is -0.724. The van der Waals surface area contributed by atoms with Gasteiger partial charge < -0.3 is 14.0 Å². The number of benzene rings is 1. The molecule has 0 amide bonds. The smallest absolute Gasteiger partial charge is 0.356 e. The van der Waals surface area contributed by atoms with Crippen molar-refractivity contribution in [1.29, 1.82) is 0 Å². The molecule has 0 spiro atoms. The summed E-state index contributed by atoms with van der Waals surface area (Å²) in [5.41, 5.74) is 0.725. The maximum atomic E-state index is 12.7. The highest BCUT2D eigenvalue weighted by Crippen LogP contribution is 2.38. The summed E-state index contributed by atoms with van der Waals surface area (Å²) in [5.74, 6) is -0.759. The molecule has 1 aromatic heterocycles. The predicted octanol–water partition coefficient (Wildman–Crippen LogP) is 3.77. The lowest BCUT2D eigenvalue weighted by atomic mass is 9.74. The van der Waals surface area contributed by atoms with E-state index in [-0.39, 0.29) is 18.6 Å². The first-order valence-electron chi connectivity index (χ1n) is 9.40. The van der Waals surface area contributed by atoms with Crippen molar-refractivity contribution < 1.29 is 19.1 Å². The number of esters is 2. The van der Waals surface area contributed by atoms with E-state index in [9.17, 15) is 9.59 Å². The highest BCUT2D eigenvalue weighted by atomic mass is 16.5. The monoisotopic (exact) mass is 370 g/mol. The topological polar surface area (TPSA) is 70.4 Å². The molecule has 0 saturated heterocycles. The maximum absolute atomic E-state index is 12.7. The Morgan fingerprint density at radius 2 is 1.89 bits per heavy atom. The molecule has 27 heavy (non-hydrogen) atoms. The zero-order valence-electron chi connectivity index (χ0n) is 15.9. The van der Waals surface area contributed by atoms with Crippen molar-refractivity contribution in [2.24, 2.45) is 5.41 Å². The van der Waals surface area contributed by atoms with Crippen LogP contribution in [0.4, 0.5) is 0 Å². The number of imidazole rings is 1. The average Bonchev–Trinajstić information content (AvgIpc) is 3.22. The summed E-state index contributed by atoms with van der Waals surface area (Å²) in [5, 5.41) is 0. The van der Waals surface area contributed by atoms with Crippen LogP contribution in [0.15, 0.2) is 42.9 Å². The van der Waals surface area contributed by atoms with Gasteiger partial charge in [0.15, 0.2) is 0 Å². The molecule has 6 heteroatoms. The predicted molar refractivity (Wildman–Crippen MR) is 100 cm³/mol. The Morgan fingerprint density at radius 1 is 1.19 bits per heavy atom. The quantitative estimate of drug-likeness (QED) is 0.724. The van der Waals surface area contributed by atoms with Gasteiger partial charge in [-0.3, -0.25) is 4.79 Å². The molecule has 3 rings (SSSR count). The van der Waals surface area contributed by atoms with Gasteiger partial charge in [-0.05, 0) is 25.3 Å². The lowest BCUT2D eigenvalue weighted by Gasteiger charge is -2.33. The van der Waals surface area contributed by atoms with Crippen LogP contribution in [0.5, 0.6) is 0 Å². The first kappa shape index (κ1) is 19.1. The Kier molecular flexibility index (Phi) is 5.94. The molecule has 1 atom stereocenters. The summed E-state index contributed by atoms with van der Waals surface area (Å²) in [6, 6.07) is 9.84. The van der Waals surface area contributed by atoms with E-state index in [1.54, 1.807) is 10.9 Å². The minimum absolute atomic E-state index is 0.0450. The van der Waals surface area contributed by atoms with Crippen LogP contribution in [0.1, 0.15) is 61.1 Å². The molecule has 0 N–H and O–H groups in total. The average molecular weight is 370 g/mol. The summed E-state index contributed by atoms with van der Waals surface area (Å²) >= 11 is 0. The van der Waals surface area contributed by atoms with Crippen LogP contribution < -0.4 is 0 Å². The number of carbonyl (C=O) groups excluding carboxylic acids is 2. The van der Waals surface area contributed by atoms with Gasteiger partial charge in [0.1, 0.15) is 17.7 Å². The van der Waals surface area contributed by atoms with Crippen LogP contribution in [-0.2, 0) is 14.3 Å². The third-order valence-electron chi connectivity index (χ3n) is 5.48. The van der Waals surface area contributed by atoms with Crippen molar-refractivity contribution in [1.82, 2.24) is 9.55 Å². The second-order valence-corrected chi connectivity index (χ2v) is 7.18. The lowest BCUT2D eigenvalue weighted by Crippen LogP contribution is -2.39. The number of aromatic nitrogens is 2. The van der Waals surface area contributed by atoms with Crippen LogP contribution in [0.2, 0.25) is 0 Å². The molecule has 1 saturated carbocycles. The van der Waals surface area contributed by atoms with Crippen molar-refractivity contribution in [2.45, 2.75) is 45.1 Å². The first-order valence-corrected chi connectivity index (χ1v) is 9.40. The standard InChI is InChI=1S/C21H26N2O4/c1-16(17-9-5-3-6-10-17)23-15-22-13-18(23)19(24)27-14-21(20(25)26-2)11-7-4-8-12-21/h3,5-6,9-10,13,15-16H,4,7-8,11-12,14H2,1-2H3/t16-/m1/s1. The summed E-state index contributed by atoms with van der Waals surface area (Å²) in [4.78, 5) is 29.2. The fourth-order valence-electron chi connectivity index (χ4n) is 3.79. The second-order valence-electron chi connectivity index (χ2n) is 7.18. The highest BCUT2D eigenvalue weighted by molar-refractivity contribution is 5.88. The van der Waals surface area contributed by atoms with E-state index in [1.165, 1.54) is 13.3 Å². The molecule has 1 fully saturated rings. The molecule has 0 aliphatic heterocycles. The van der Waals surface area contributed by atoms with E-state index < -0.39 is 11.4 Å². The maximum Gasteiger partial charge on any atom is 0.356 e. The van der Waals surface area contributed by atoms with Gasteiger partial charge in [0.25, 0.3) is 0 Å². The Morgan fingerprint density at radius 3 is 2.56 bits per heavy atom. The summed E-state index contributed by atoms with van der Waals surface area (Å²) < 4.78 is 12.4. The number of hydrogen-bond donors (Lipinski definition) is 0. The molecule has 1 aliphatic carbocycles. The molecule has 0 radical (unpaired) electrons. The van der Waals surface area contributed by atoms with Crippen LogP contribution in [0, 0.1) is 5.41 Å². The van der Waals surface area contributed by atoms with E-state index >= 15 is 0 Å². The molecule has 2 aromatic rings. The van der Waals surface area contributed by atoms with E-state index in [2.05, 4.69) is 4.98 Å². The van der Waals surface area contributed by atoms with Gasteiger partial charge in [0.2, 0.25) is 0 Å². The molecule has 1 heterocycles. The Bertz CT molecular complexity index is 778. The zero-order valence-corrected chi connectivity index (χ0v) is 15.9. The molecule has 1 aromatic carbocycles. The Balaban J connectivity index is 1.73. The van der Waals surface area contributed by atoms with Crippen molar-refractivity contribution in [3.8, 4) is 0 Å². The zero-order chi connectivity index (χ0) is 19.3. The third kappa shape index (κ3) is 4.04. The van der Waals surface area contributed by atoms with Gasteiger partial charge in [-0.25, -0.2) is 9.78 Å². The van der Waals surface area contributed by atoms with Crippen LogP contribution in [0.25, 0.3) is 0 Å². The van der Waals surface area contributed by atoms with E-state index in [0.717, 1.165) is 24.8 Å². The van der Waals surface area contributed by atoms with E-state index in [4.69, 9.17) is 9.47 Å². The van der Waals surface area contributed by atoms with Crippen LogP contribution in [-0.4, -0.2) is 35.2 Å². The molecule has 6 nitrogen and oxygen atoms in total. The molecular weight excluding hydrogens is 344 g/mol. The van der Waals surface area contributed by atoms with Crippen LogP contribution >= 0.6 is 0 Å². The molecule has 1 aliphatic rings. The van der Waals surface area contributed by atoms with E-state index in [0.29, 0.717) is 18.5 Å². The number of ether oxygens (including phenoxy) is 2. The second kappa shape index (κ2) is 8.37. The molecule has 144 valence electrons. The summed E-state index contributed by atoms with van der Waals surface area (Å²) in [6.07, 6.45) is 7.48. The van der Waals surface area contributed by atoms with Crippen molar-refractivity contribution >= 4 is 11.9 Å². The van der Waals surface area contributed by atoms with Crippen LogP contribution in [0.3, 0.4) is 0 Å². The highest BCUT2D eigenvalue weighted by Gasteiger charge is 2.42. The number of nitrogens with zero attached hydrogens (tertiary/aromatic N) is 2. The fourth-order valence-corrected chi connectivity index (χ4v) is 3.79. The number of rotatable bonds is 6. The van der Waals surface area contributed by atoms with E-state index in [1.807, 2.05) is 37.3 Å². The van der Waals surface area contributed by atoms with Crippen molar-refractivity contribution in [2.75, 3.05) is 13.7 Å². The SMILES string of the molecule is COC(=O)C1(COC(=O)c2cncn2[C@H](C)c2ccccc2)CCCCC1. The van der Waals surface area contributed by atoms with Crippen molar-refractivity contribution in [3.05, 3.63) is 54.1 Å². The van der Waals surface area contributed by atoms with Gasteiger partial charge >= 0.3 is 11.9 Å². The van der Waals surface area contributed by atoms with Gasteiger partial charge in [0.05, 0.1) is 25.7 Å². The Labute approximate surface area is 159 Å². The largest absolute Gasteiger partial charge is 0.468 e. The normalized spacial score (nSPS) is 17.1. The number of methoxy groups -OCH3 is 1. The summed E-state index contributed by atoms with van der Waals surface area (Å²) in [7, 11) is 1.39. The van der Waals surface area contributed by atoms with Crippen molar-refractivity contribution in [3.63, 3.8) is 0 Å². The lowest BCUT2D eigenvalue weighted by molar-refractivity contribution is -0.158. The van der Waals surface area contributed by atoms with Gasteiger partial charge in [-0.15, -0.1) is 0 Å². The minimum Gasteiger partial charge on any atom is -0.468 e. The molecule has 0 bridgehead atoms. The van der Waals surface area contributed by atoms with Gasteiger partial charge in [0, 0.05) is 0 Å². The Hall–Kier alpha value is -2.63. The van der Waals surface area contributed by atoms with Gasteiger partial charge in [-0.1, -0.05) is 49.6 Å².